The molecule has 1 fully saturated rings. The van der Waals surface area contributed by atoms with Crippen molar-refractivity contribution in [3.8, 4) is 5.75 Å². The van der Waals surface area contributed by atoms with Gasteiger partial charge < -0.3 is 25.0 Å². The molecular formula is C23H26F5N3O5. The first-order chi connectivity index (χ1) is 16.7. The summed E-state index contributed by atoms with van der Waals surface area (Å²) in [5, 5.41) is 20.9. The van der Waals surface area contributed by atoms with Crippen molar-refractivity contribution in [3.63, 3.8) is 0 Å². The largest absolute Gasteiger partial charge is 0.488 e. The van der Waals surface area contributed by atoms with Gasteiger partial charge in [-0.3, -0.25) is 4.79 Å². The lowest BCUT2D eigenvalue weighted by Gasteiger charge is -2.32. The molecule has 1 aromatic carbocycles. The van der Waals surface area contributed by atoms with Crippen LogP contribution in [-0.2, 0) is 9.53 Å². The van der Waals surface area contributed by atoms with Crippen molar-refractivity contribution in [2.24, 2.45) is 5.92 Å². The second-order valence-electron chi connectivity index (χ2n) is 8.92. The van der Waals surface area contributed by atoms with Gasteiger partial charge in [-0.1, -0.05) is 13.0 Å². The van der Waals surface area contributed by atoms with Crippen LogP contribution in [0.1, 0.15) is 51.1 Å². The highest BCUT2D eigenvalue weighted by atomic mass is 19.4. The number of carbonyl (C=O) groups is 1. The van der Waals surface area contributed by atoms with Gasteiger partial charge in [0.15, 0.2) is 23.0 Å². The molecule has 0 unspecified atom stereocenters. The highest BCUT2D eigenvalue weighted by Crippen LogP contribution is 2.55. The van der Waals surface area contributed by atoms with Gasteiger partial charge in [0.25, 0.3) is 5.91 Å². The third kappa shape index (κ3) is 5.13. The molecule has 2 heterocycles. The lowest BCUT2D eigenvalue weighted by molar-refractivity contribution is -0.272. The van der Waals surface area contributed by atoms with Crippen molar-refractivity contribution in [2.45, 2.75) is 63.7 Å². The highest BCUT2D eigenvalue weighted by molar-refractivity contribution is 5.95. The SMILES string of the molecule is CC(C)Oc1c([C@H]2[C@H](C(=O)Nc3cnc([C@@H](O)CO)nc3)O[C@@](C)(C(F)(F)F)[C@H]2C)ccc(F)c1F. The Hall–Kier alpha value is -2.90. The number of nitrogens with one attached hydrogen (secondary N) is 1. The van der Waals surface area contributed by atoms with Crippen molar-refractivity contribution in [2.75, 3.05) is 11.9 Å². The Morgan fingerprint density at radius 2 is 1.86 bits per heavy atom. The van der Waals surface area contributed by atoms with Gasteiger partial charge in [-0.05, 0) is 26.8 Å². The van der Waals surface area contributed by atoms with Crippen LogP contribution in [0.15, 0.2) is 24.5 Å². The first kappa shape index (κ1) is 27.7. The predicted molar refractivity (Wildman–Crippen MR) is 116 cm³/mol. The molecule has 3 rings (SSSR count). The first-order valence-electron chi connectivity index (χ1n) is 11.0. The topological polar surface area (TPSA) is 114 Å². The number of aliphatic hydroxyl groups is 2. The zero-order chi connectivity index (χ0) is 27.0. The van der Waals surface area contributed by atoms with E-state index in [4.69, 9.17) is 14.6 Å². The zero-order valence-electron chi connectivity index (χ0n) is 19.8. The van der Waals surface area contributed by atoms with Gasteiger partial charge in [-0.25, -0.2) is 14.4 Å². The van der Waals surface area contributed by atoms with Crippen LogP contribution in [0.2, 0.25) is 0 Å². The van der Waals surface area contributed by atoms with Crippen molar-refractivity contribution >= 4 is 11.6 Å². The summed E-state index contributed by atoms with van der Waals surface area (Å²) in [5.74, 6) is -7.19. The number of benzene rings is 1. The van der Waals surface area contributed by atoms with Gasteiger partial charge in [0, 0.05) is 17.4 Å². The van der Waals surface area contributed by atoms with Crippen LogP contribution in [0.3, 0.4) is 0 Å². The van der Waals surface area contributed by atoms with Gasteiger partial charge in [-0.15, -0.1) is 0 Å². The maximum absolute atomic E-state index is 14.7. The quantitative estimate of drug-likeness (QED) is 0.479. The number of carbonyl (C=O) groups excluding carboxylic acids is 1. The van der Waals surface area contributed by atoms with E-state index in [9.17, 15) is 31.9 Å². The number of halogens is 5. The summed E-state index contributed by atoms with van der Waals surface area (Å²) >= 11 is 0. The molecule has 13 heteroatoms. The molecule has 36 heavy (non-hydrogen) atoms. The average molecular weight is 519 g/mol. The van der Waals surface area contributed by atoms with Crippen LogP contribution in [0.4, 0.5) is 27.6 Å². The minimum atomic E-state index is -4.90. The second-order valence-corrected chi connectivity index (χ2v) is 8.92. The number of rotatable bonds is 7. The lowest BCUT2D eigenvalue weighted by Crippen LogP contribution is -2.47. The molecule has 8 nitrogen and oxygen atoms in total. The van der Waals surface area contributed by atoms with E-state index in [-0.39, 0.29) is 17.1 Å². The molecule has 0 saturated carbocycles. The molecular weight excluding hydrogens is 493 g/mol. The summed E-state index contributed by atoms with van der Waals surface area (Å²) < 4.78 is 81.7. The number of alkyl halides is 3. The Morgan fingerprint density at radius 1 is 1.25 bits per heavy atom. The summed E-state index contributed by atoms with van der Waals surface area (Å²) in [5.41, 5.74) is -2.99. The monoisotopic (exact) mass is 519 g/mol. The van der Waals surface area contributed by atoms with E-state index in [1.54, 1.807) is 0 Å². The average Bonchev–Trinajstić information content (AvgIpc) is 3.09. The smallest absolute Gasteiger partial charge is 0.417 e. The number of aromatic nitrogens is 2. The lowest BCUT2D eigenvalue weighted by atomic mass is 9.77. The van der Waals surface area contributed by atoms with E-state index in [1.165, 1.54) is 20.8 Å². The van der Waals surface area contributed by atoms with Crippen molar-refractivity contribution < 1.29 is 46.4 Å². The Balaban J connectivity index is 2.04. The van der Waals surface area contributed by atoms with E-state index < -0.39 is 71.8 Å². The number of ether oxygens (including phenoxy) is 2. The number of hydrogen-bond acceptors (Lipinski definition) is 7. The Bertz CT molecular complexity index is 1100. The van der Waals surface area contributed by atoms with Crippen LogP contribution in [-0.4, -0.2) is 56.7 Å². The van der Waals surface area contributed by atoms with Gasteiger partial charge in [-0.2, -0.15) is 17.6 Å². The summed E-state index contributed by atoms with van der Waals surface area (Å²) in [6.07, 6.45) is -6.53. The zero-order valence-corrected chi connectivity index (χ0v) is 19.8. The van der Waals surface area contributed by atoms with E-state index in [2.05, 4.69) is 15.3 Å². The number of anilines is 1. The maximum Gasteiger partial charge on any atom is 0.417 e. The molecule has 1 aliphatic heterocycles. The molecule has 0 spiro atoms. The Morgan fingerprint density at radius 3 is 2.39 bits per heavy atom. The highest BCUT2D eigenvalue weighted by Gasteiger charge is 2.66. The molecule has 1 saturated heterocycles. The minimum Gasteiger partial charge on any atom is -0.488 e. The number of nitrogens with zero attached hydrogens (tertiary/aromatic N) is 2. The number of amides is 1. The molecule has 0 bridgehead atoms. The number of aliphatic hydroxyl groups excluding tert-OH is 2. The third-order valence-electron chi connectivity index (χ3n) is 6.13. The van der Waals surface area contributed by atoms with Crippen molar-refractivity contribution in [3.05, 3.63) is 47.5 Å². The normalized spacial score (nSPS) is 25.2. The molecule has 0 aliphatic carbocycles. The number of hydrogen-bond donors (Lipinski definition) is 3. The molecule has 1 aromatic heterocycles. The predicted octanol–water partition coefficient (Wildman–Crippen LogP) is 3.65. The fourth-order valence-electron chi connectivity index (χ4n) is 4.06. The summed E-state index contributed by atoms with van der Waals surface area (Å²) in [6.45, 7) is 4.41. The Labute approximate surface area is 203 Å². The van der Waals surface area contributed by atoms with Crippen LogP contribution in [0.25, 0.3) is 0 Å². The third-order valence-corrected chi connectivity index (χ3v) is 6.13. The van der Waals surface area contributed by atoms with Crippen LogP contribution < -0.4 is 10.1 Å². The van der Waals surface area contributed by atoms with E-state index >= 15 is 0 Å². The first-order valence-corrected chi connectivity index (χ1v) is 11.0. The molecule has 3 N–H and O–H groups in total. The standard InChI is InChI=1S/C23H26F5N3O5/c1-10(2)35-18-13(5-6-14(24)17(18)25)16-11(3)22(4,23(26,27)28)36-19(16)21(34)31-12-7-29-20(30-8-12)15(33)9-32/h5-8,10-11,15-16,19,32-33H,9H2,1-4H3,(H,31,34)/t11-,15-,16-,19+,22+/m0/s1. The van der Waals surface area contributed by atoms with Gasteiger partial charge in [0.05, 0.1) is 30.8 Å². The summed E-state index contributed by atoms with van der Waals surface area (Å²) in [7, 11) is 0. The van der Waals surface area contributed by atoms with Crippen LogP contribution >= 0.6 is 0 Å². The summed E-state index contributed by atoms with van der Waals surface area (Å²) in [4.78, 5) is 20.7. The molecule has 5 atom stereocenters. The van der Waals surface area contributed by atoms with E-state index in [0.717, 1.165) is 31.5 Å². The molecule has 198 valence electrons. The summed E-state index contributed by atoms with van der Waals surface area (Å²) in [6, 6.07) is 1.83. The Kier molecular flexibility index (Phi) is 7.86. The minimum absolute atomic E-state index is 0.0338. The van der Waals surface area contributed by atoms with E-state index in [1.807, 2.05) is 0 Å². The fourth-order valence-corrected chi connectivity index (χ4v) is 4.06. The molecule has 2 aromatic rings. The van der Waals surface area contributed by atoms with Gasteiger partial charge in [0.2, 0.25) is 5.82 Å². The molecule has 1 amide bonds. The van der Waals surface area contributed by atoms with Gasteiger partial charge >= 0.3 is 6.18 Å². The van der Waals surface area contributed by atoms with Crippen LogP contribution in [0.5, 0.6) is 5.75 Å². The molecule has 0 radical (unpaired) electrons. The van der Waals surface area contributed by atoms with Crippen molar-refractivity contribution in [1.29, 1.82) is 0 Å². The maximum atomic E-state index is 14.7. The van der Waals surface area contributed by atoms with E-state index in [0.29, 0.717) is 0 Å². The van der Waals surface area contributed by atoms with Crippen LogP contribution in [0, 0.1) is 17.6 Å². The second kappa shape index (κ2) is 10.2. The van der Waals surface area contributed by atoms with Crippen molar-refractivity contribution in [1.82, 2.24) is 9.97 Å². The fraction of sp³-hybridized carbons (Fsp3) is 0.522. The van der Waals surface area contributed by atoms with Gasteiger partial charge in [0.1, 0.15) is 12.2 Å². The molecule has 1 aliphatic rings.